The quantitative estimate of drug-likeness (QED) is 0.781. The van der Waals surface area contributed by atoms with Crippen LogP contribution in [0.1, 0.15) is 53.0 Å². The van der Waals surface area contributed by atoms with E-state index in [9.17, 15) is 9.59 Å². The van der Waals surface area contributed by atoms with Crippen LogP contribution < -0.4 is 5.32 Å². The molecule has 114 valence electrons. The summed E-state index contributed by atoms with van der Waals surface area (Å²) in [5.41, 5.74) is 0.301. The van der Waals surface area contributed by atoms with E-state index in [1.165, 1.54) is 24.8 Å². The number of carbonyl (C=O) groups excluding carboxylic acids is 1. The third-order valence-electron chi connectivity index (χ3n) is 3.51. The minimum absolute atomic E-state index is 0.0685. The fourth-order valence-corrected chi connectivity index (χ4v) is 2.32. The molecule has 1 atom stereocenters. The van der Waals surface area contributed by atoms with Gasteiger partial charge in [-0.2, -0.15) is 0 Å². The van der Waals surface area contributed by atoms with Crippen molar-refractivity contribution < 1.29 is 19.4 Å². The largest absolute Gasteiger partial charge is 0.477 e. The number of amides is 1. The van der Waals surface area contributed by atoms with E-state index in [2.05, 4.69) is 10.3 Å². The molecule has 2 heterocycles. The standard InChI is InChI=1S/C15H20N2O4/c18-14(11-6-7-13(15(19)20)17-10-11)16-8-3-5-12-4-1-2-9-21-12/h6-7,10,12H,1-5,8-9H2,(H,16,18)(H,19,20). The van der Waals surface area contributed by atoms with Crippen molar-refractivity contribution in [1.29, 1.82) is 0 Å². The topological polar surface area (TPSA) is 88.5 Å². The predicted molar refractivity (Wildman–Crippen MR) is 76.4 cm³/mol. The van der Waals surface area contributed by atoms with Crippen LogP contribution in [0.4, 0.5) is 0 Å². The molecule has 1 amide bonds. The van der Waals surface area contributed by atoms with Crippen LogP contribution in [-0.2, 0) is 4.74 Å². The lowest BCUT2D eigenvalue weighted by molar-refractivity contribution is 0.0102. The molecule has 2 N–H and O–H groups in total. The Bertz CT molecular complexity index is 481. The Kier molecular flexibility index (Phi) is 5.68. The van der Waals surface area contributed by atoms with Gasteiger partial charge in [-0.05, 0) is 44.2 Å². The molecule has 0 aliphatic carbocycles. The molecule has 6 nitrogen and oxygen atoms in total. The zero-order valence-electron chi connectivity index (χ0n) is 11.9. The van der Waals surface area contributed by atoms with E-state index in [1.54, 1.807) is 0 Å². The Labute approximate surface area is 123 Å². The average molecular weight is 292 g/mol. The molecular weight excluding hydrogens is 272 g/mol. The van der Waals surface area contributed by atoms with Crippen LogP contribution in [-0.4, -0.2) is 41.2 Å². The van der Waals surface area contributed by atoms with E-state index in [1.807, 2.05) is 0 Å². The minimum Gasteiger partial charge on any atom is -0.477 e. The molecule has 1 fully saturated rings. The molecule has 6 heteroatoms. The second-order valence-corrected chi connectivity index (χ2v) is 5.12. The van der Waals surface area contributed by atoms with Crippen molar-refractivity contribution in [2.75, 3.05) is 13.2 Å². The van der Waals surface area contributed by atoms with Crippen LogP contribution in [0.3, 0.4) is 0 Å². The van der Waals surface area contributed by atoms with Gasteiger partial charge in [-0.3, -0.25) is 4.79 Å². The first kappa shape index (κ1) is 15.4. The van der Waals surface area contributed by atoms with Gasteiger partial charge in [0.2, 0.25) is 0 Å². The Balaban J connectivity index is 1.70. The number of aromatic nitrogens is 1. The first-order chi connectivity index (χ1) is 10.2. The number of carboxylic acids is 1. The zero-order valence-corrected chi connectivity index (χ0v) is 11.9. The number of pyridine rings is 1. The predicted octanol–water partition coefficient (Wildman–Crippen LogP) is 1.86. The van der Waals surface area contributed by atoms with Gasteiger partial charge in [0.15, 0.2) is 0 Å². The molecule has 1 aromatic rings. The molecule has 1 aliphatic rings. The number of rotatable bonds is 6. The van der Waals surface area contributed by atoms with Gasteiger partial charge < -0.3 is 15.2 Å². The number of hydrogen-bond donors (Lipinski definition) is 2. The maximum atomic E-state index is 11.8. The van der Waals surface area contributed by atoms with Crippen LogP contribution in [0, 0.1) is 0 Å². The third-order valence-corrected chi connectivity index (χ3v) is 3.51. The van der Waals surface area contributed by atoms with Crippen LogP contribution in [0.2, 0.25) is 0 Å². The number of nitrogens with zero attached hydrogens (tertiary/aromatic N) is 1. The van der Waals surface area contributed by atoms with Crippen molar-refractivity contribution in [2.24, 2.45) is 0 Å². The lowest BCUT2D eigenvalue weighted by Crippen LogP contribution is -2.26. The van der Waals surface area contributed by atoms with Gasteiger partial charge in [0.1, 0.15) is 5.69 Å². The smallest absolute Gasteiger partial charge is 0.354 e. The van der Waals surface area contributed by atoms with Crippen LogP contribution >= 0.6 is 0 Å². The second kappa shape index (κ2) is 7.73. The molecular formula is C15H20N2O4. The van der Waals surface area contributed by atoms with Crippen molar-refractivity contribution in [2.45, 2.75) is 38.2 Å². The van der Waals surface area contributed by atoms with E-state index >= 15 is 0 Å². The highest BCUT2D eigenvalue weighted by molar-refractivity contribution is 5.94. The minimum atomic E-state index is -1.10. The average Bonchev–Trinajstić information content (AvgIpc) is 2.52. The highest BCUT2D eigenvalue weighted by Gasteiger charge is 2.13. The highest BCUT2D eigenvalue weighted by atomic mass is 16.5. The SMILES string of the molecule is O=C(NCCCC1CCCCO1)c1ccc(C(=O)O)nc1. The Morgan fingerprint density at radius 3 is 2.86 bits per heavy atom. The van der Waals surface area contributed by atoms with Crippen LogP contribution in [0.15, 0.2) is 18.3 Å². The maximum Gasteiger partial charge on any atom is 0.354 e. The summed E-state index contributed by atoms with van der Waals surface area (Å²) in [5.74, 6) is -1.33. The van der Waals surface area contributed by atoms with E-state index in [0.29, 0.717) is 18.2 Å². The molecule has 0 spiro atoms. The van der Waals surface area contributed by atoms with Gasteiger partial charge in [-0.25, -0.2) is 9.78 Å². The van der Waals surface area contributed by atoms with Crippen molar-refractivity contribution in [3.8, 4) is 0 Å². The van der Waals surface area contributed by atoms with Gasteiger partial charge in [-0.1, -0.05) is 0 Å². The monoisotopic (exact) mass is 292 g/mol. The molecule has 0 aromatic carbocycles. The molecule has 1 unspecified atom stereocenters. The van der Waals surface area contributed by atoms with Crippen molar-refractivity contribution >= 4 is 11.9 Å². The summed E-state index contributed by atoms with van der Waals surface area (Å²) in [6, 6.07) is 2.79. The van der Waals surface area contributed by atoms with Gasteiger partial charge in [0.05, 0.1) is 11.7 Å². The molecule has 21 heavy (non-hydrogen) atoms. The van der Waals surface area contributed by atoms with Crippen LogP contribution in [0.5, 0.6) is 0 Å². The number of hydrogen-bond acceptors (Lipinski definition) is 4. The fraction of sp³-hybridized carbons (Fsp3) is 0.533. The van der Waals surface area contributed by atoms with E-state index in [-0.39, 0.29) is 11.6 Å². The first-order valence-corrected chi connectivity index (χ1v) is 7.26. The number of carboxylic acid groups (broad SMARTS) is 1. The number of carbonyl (C=O) groups is 2. The Morgan fingerprint density at radius 1 is 1.38 bits per heavy atom. The molecule has 1 saturated heterocycles. The molecule has 0 saturated carbocycles. The fourth-order valence-electron chi connectivity index (χ4n) is 2.32. The van der Waals surface area contributed by atoms with Crippen molar-refractivity contribution in [3.05, 3.63) is 29.6 Å². The first-order valence-electron chi connectivity index (χ1n) is 7.26. The molecule has 0 radical (unpaired) electrons. The summed E-state index contributed by atoms with van der Waals surface area (Å²) in [4.78, 5) is 26.2. The Morgan fingerprint density at radius 2 is 2.24 bits per heavy atom. The van der Waals surface area contributed by atoms with Gasteiger partial charge in [-0.15, -0.1) is 0 Å². The third kappa shape index (κ3) is 4.82. The number of ether oxygens (including phenoxy) is 1. The Hall–Kier alpha value is -1.95. The van der Waals surface area contributed by atoms with E-state index < -0.39 is 5.97 Å². The van der Waals surface area contributed by atoms with Crippen molar-refractivity contribution in [3.63, 3.8) is 0 Å². The summed E-state index contributed by atoms with van der Waals surface area (Å²) >= 11 is 0. The maximum absolute atomic E-state index is 11.8. The van der Waals surface area contributed by atoms with Crippen LogP contribution in [0.25, 0.3) is 0 Å². The normalized spacial score (nSPS) is 18.2. The molecule has 1 aliphatic heterocycles. The summed E-state index contributed by atoms with van der Waals surface area (Å²) in [6.07, 6.45) is 6.91. The van der Waals surface area contributed by atoms with E-state index in [0.717, 1.165) is 32.3 Å². The van der Waals surface area contributed by atoms with E-state index in [4.69, 9.17) is 9.84 Å². The summed E-state index contributed by atoms with van der Waals surface area (Å²) < 4.78 is 5.63. The zero-order chi connectivity index (χ0) is 15.1. The molecule has 1 aromatic heterocycles. The second-order valence-electron chi connectivity index (χ2n) is 5.12. The molecule has 2 rings (SSSR count). The summed E-state index contributed by atoms with van der Waals surface area (Å²) in [7, 11) is 0. The van der Waals surface area contributed by atoms with Gasteiger partial charge in [0.25, 0.3) is 5.91 Å². The lowest BCUT2D eigenvalue weighted by atomic mass is 10.0. The lowest BCUT2D eigenvalue weighted by Gasteiger charge is -2.22. The molecule has 0 bridgehead atoms. The summed E-state index contributed by atoms with van der Waals surface area (Å²) in [5, 5.41) is 11.5. The van der Waals surface area contributed by atoms with Gasteiger partial charge >= 0.3 is 5.97 Å². The van der Waals surface area contributed by atoms with Gasteiger partial charge in [0, 0.05) is 19.3 Å². The summed E-state index contributed by atoms with van der Waals surface area (Å²) in [6.45, 7) is 1.43. The number of nitrogens with one attached hydrogen (secondary N) is 1. The highest BCUT2D eigenvalue weighted by Crippen LogP contribution is 2.16. The van der Waals surface area contributed by atoms with Crippen molar-refractivity contribution in [1.82, 2.24) is 10.3 Å². The number of aromatic carboxylic acids is 1.